The molecular formula is C39H43Cl2N3O4. The van der Waals surface area contributed by atoms with Gasteiger partial charge in [0.1, 0.15) is 18.2 Å². The molecule has 0 bridgehead atoms. The maximum absolute atomic E-state index is 13.8. The fourth-order valence-electron chi connectivity index (χ4n) is 6.23. The van der Waals surface area contributed by atoms with Crippen molar-refractivity contribution in [1.82, 2.24) is 14.9 Å². The molecule has 5 rings (SSSR count). The van der Waals surface area contributed by atoms with Gasteiger partial charge in [-0.2, -0.15) is 0 Å². The average molecular weight is 689 g/mol. The highest BCUT2D eigenvalue weighted by molar-refractivity contribution is 6.36. The van der Waals surface area contributed by atoms with E-state index in [1.165, 1.54) is 0 Å². The van der Waals surface area contributed by atoms with Crippen molar-refractivity contribution in [3.05, 3.63) is 118 Å². The molecule has 1 amide bonds. The molecule has 1 fully saturated rings. The van der Waals surface area contributed by atoms with Gasteiger partial charge in [-0.25, -0.2) is 9.78 Å². The van der Waals surface area contributed by atoms with E-state index >= 15 is 0 Å². The van der Waals surface area contributed by atoms with Crippen LogP contribution in [-0.2, 0) is 24.4 Å². The van der Waals surface area contributed by atoms with Gasteiger partial charge in [-0.05, 0) is 98.0 Å². The van der Waals surface area contributed by atoms with Crippen molar-refractivity contribution in [1.29, 1.82) is 0 Å². The van der Waals surface area contributed by atoms with E-state index in [4.69, 9.17) is 38.0 Å². The minimum Gasteiger partial charge on any atom is -0.489 e. The van der Waals surface area contributed by atoms with Crippen molar-refractivity contribution >= 4 is 35.1 Å². The number of carbonyl (C=O) groups excluding carboxylic acids is 1. The summed E-state index contributed by atoms with van der Waals surface area (Å²) in [5, 5.41) is 13.6. The highest BCUT2D eigenvalue weighted by Crippen LogP contribution is 2.34. The number of carboxylic acids is 1. The fraction of sp³-hybridized carbons (Fsp3) is 0.359. The number of aromatic nitrogens is 2. The third-order valence-corrected chi connectivity index (χ3v) is 9.66. The van der Waals surface area contributed by atoms with E-state index in [0.29, 0.717) is 41.3 Å². The first kappa shape index (κ1) is 35.2. The smallest absolute Gasteiger partial charge is 0.335 e. The van der Waals surface area contributed by atoms with E-state index in [-0.39, 0.29) is 23.4 Å². The number of hydrogen-bond acceptors (Lipinski definition) is 4. The Bertz CT molecular complexity index is 1710. The summed E-state index contributed by atoms with van der Waals surface area (Å²) in [5.41, 5.74) is 3.64. The zero-order chi connectivity index (χ0) is 34.0. The lowest BCUT2D eigenvalue weighted by Gasteiger charge is -2.29. The lowest BCUT2D eigenvalue weighted by Crippen LogP contribution is -2.37. The van der Waals surface area contributed by atoms with Gasteiger partial charge < -0.3 is 19.7 Å². The number of halogens is 2. The number of imidazole rings is 1. The van der Waals surface area contributed by atoms with Crippen LogP contribution in [-0.4, -0.2) is 26.5 Å². The molecular weight excluding hydrogens is 645 g/mol. The van der Waals surface area contributed by atoms with Crippen molar-refractivity contribution in [2.75, 3.05) is 0 Å². The van der Waals surface area contributed by atoms with Gasteiger partial charge >= 0.3 is 5.97 Å². The van der Waals surface area contributed by atoms with Crippen LogP contribution in [0.25, 0.3) is 11.3 Å². The summed E-state index contributed by atoms with van der Waals surface area (Å²) in [5.74, 6) is 1.27. The topological polar surface area (TPSA) is 93.5 Å². The van der Waals surface area contributed by atoms with Crippen LogP contribution < -0.4 is 10.1 Å². The van der Waals surface area contributed by atoms with E-state index in [1.807, 2.05) is 36.5 Å². The minimum absolute atomic E-state index is 0.00998. The van der Waals surface area contributed by atoms with E-state index in [1.54, 1.807) is 36.4 Å². The number of nitrogens with one attached hydrogen (secondary N) is 1. The van der Waals surface area contributed by atoms with Crippen LogP contribution >= 0.6 is 23.2 Å². The first-order valence-electron chi connectivity index (χ1n) is 16.8. The molecule has 2 N–H and O–H groups in total. The molecule has 1 saturated carbocycles. The Morgan fingerprint density at radius 3 is 2.33 bits per heavy atom. The number of rotatable bonds is 14. The SMILES string of the molecule is CCC=CCn1cc(-c2ccc(Cl)cc2Cl)nc1[C@H](Cc1ccc(OCc2ccc(C(=O)O)cc2)cc1)NC(=O)C1CCC(CC)CC1. The van der Waals surface area contributed by atoms with Gasteiger partial charge in [-0.3, -0.25) is 4.79 Å². The molecule has 3 aromatic carbocycles. The van der Waals surface area contributed by atoms with E-state index < -0.39 is 5.97 Å². The highest BCUT2D eigenvalue weighted by atomic mass is 35.5. The molecule has 0 spiro atoms. The van der Waals surface area contributed by atoms with Gasteiger partial charge in [0, 0.05) is 29.2 Å². The molecule has 48 heavy (non-hydrogen) atoms. The average Bonchev–Trinajstić information content (AvgIpc) is 3.51. The predicted molar refractivity (Wildman–Crippen MR) is 192 cm³/mol. The van der Waals surface area contributed by atoms with Crippen molar-refractivity contribution in [3.63, 3.8) is 0 Å². The van der Waals surface area contributed by atoms with E-state index in [0.717, 1.165) is 66.7 Å². The zero-order valence-corrected chi connectivity index (χ0v) is 29.0. The summed E-state index contributed by atoms with van der Waals surface area (Å²) >= 11 is 12.8. The molecule has 0 saturated heterocycles. The lowest BCUT2D eigenvalue weighted by molar-refractivity contribution is -0.127. The van der Waals surface area contributed by atoms with Crippen molar-refractivity contribution in [2.45, 2.75) is 78.0 Å². The number of amides is 1. The normalized spacial score (nSPS) is 16.9. The Balaban J connectivity index is 1.40. The number of hydrogen-bond donors (Lipinski definition) is 2. The Morgan fingerprint density at radius 2 is 1.69 bits per heavy atom. The van der Waals surface area contributed by atoms with Crippen LogP contribution in [0.15, 0.2) is 85.1 Å². The Hall–Kier alpha value is -4.07. The molecule has 1 aliphatic rings. The van der Waals surface area contributed by atoms with Crippen LogP contribution in [0, 0.1) is 11.8 Å². The third-order valence-electron chi connectivity index (χ3n) is 9.11. The number of aromatic carboxylic acids is 1. The molecule has 1 atom stereocenters. The van der Waals surface area contributed by atoms with Crippen molar-refractivity contribution in [3.8, 4) is 17.0 Å². The van der Waals surface area contributed by atoms with Gasteiger partial charge in [0.15, 0.2) is 0 Å². The number of carbonyl (C=O) groups is 2. The molecule has 0 radical (unpaired) electrons. The van der Waals surface area contributed by atoms with Gasteiger partial charge in [0.25, 0.3) is 0 Å². The standard InChI is InChI=1S/C39H43Cl2N3O4/c1-3-5-6-21-44-24-36(33-20-17-31(40)23-34(33)41)42-37(44)35(43-38(45)29-13-7-26(4-2)8-14-29)22-27-11-18-32(19-12-27)48-25-28-9-15-30(16-10-28)39(46)47/h5-6,9-12,15-20,23-24,26,29,35H,3-4,7-8,13-14,21-22,25H2,1-2H3,(H,43,45)(H,46,47)/t26?,29?,35-/m0/s1. The maximum Gasteiger partial charge on any atom is 0.335 e. The number of nitrogens with zero attached hydrogens (tertiary/aromatic N) is 2. The van der Waals surface area contributed by atoms with Crippen LogP contribution in [0.1, 0.15) is 85.7 Å². The quantitative estimate of drug-likeness (QED) is 0.129. The van der Waals surface area contributed by atoms with Crippen LogP contribution in [0.3, 0.4) is 0 Å². The third kappa shape index (κ3) is 9.30. The molecule has 7 nitrogen and oxygen atoms in total. The van der Waals surface area contributed by atoms with Gasteiger partial charge in [0.05, 0.1) is 22.3 Å². The minimum atomic E-state index is -0.957. The largest absolute Gasteiger partial charge is 0.489 e. The summed E-state index contributed by atoms with van der Waals surface area (Å²) in [6.07, 6.45) is 12.8. The second-order valence-electron chi connectivity index (χ2n) is 12.5. The monoisotopic (exact) mass is 687 g/mol. The summed E-state index contributed by atoms with van der Waals surface area (Å²) in [6, 6.07) is 19.5. The van der Waals surface area contributed by atoms with Crippen molar-refractivity contribution < 1.29 is 19.4 Å². The maximum atomic E-state index is 13.8. The van der Waals surface area contributed by atoms with Crippen LogP contribution in [0.5, 0.6) is 5.75 Å². The fourth-order valence-corrected chi connectivity index (χ4v) is 6.74. The van der Waals surface area contributed by atoms with E-state index in [2.05, 4.69) is 35.9 Å². The number of ether oxygens (including phenoxy) is 1. The molecule has 0 aliphatic heterocycles. The zero-order valence-electron chi connectivity index (χ0n) is 27.5. The highest BCUT2D eigenvalue weighted by Gasteiger charge is 2.29. The molecule has 4 aromatic rings. The first-order chi connectivity index (χ1) is 23.2. The second-order valence-corrected chi connectivity index (χ2v) is 13.3. The Labute approximate surface area is 293 Å². The summed E-state index contributed by atoms with van der Waals surface area (Å²) in [7, 11) is 0. The lowest BCUT2D eigenvalue weighted by atomic mass is 9.80. The Kier molecular flexibility index (Phi) is 12.4. The Morgan fingerprint density at radius 1 is 0.979 bits per heavy atom. The first-order valence-corrected chi connectivity index (χ1v) is 17.5. The molecule has 0 unspecified atom stereocenters. The van der Waals surface area contributed by atoms with Crippen LogP contribution in [0.4, 0.5) is 0 Å². The van der Waals surface area contributed by atoms with Crippen LogP contribution in [0.2, 0.25) is 10.0 Å². The van der Waals surface area contributed by atoms with Gasteiger partial charge in [-0.1, -0.05) is 79.9 Å². The molecule has 1 aromatic heterocycles. The molecule has 1 heterocycles. The molecule has 1 aliphatic carbocycles. The van der Waals surface area contributed by atoms with Gasteiger partial charge in [0.2, 0.25) is 5.91 Å². The van der Waals surface area contributed by atoms with E-state index in [9.17, 15) is 9.59 Å². The molecule has 252 valence electrons. The molecule has 9 heteroatoms. The summed E-state index contributed by atoms with van der Waals surface area (Å²) in [4.78, 5) is 30.0. The number of benzene rings is 3. The summed E-state index contributed by atoms with van der Waals surface area (Å²) in [6.45, 7) is 5.25. The number of carboxylic acid groups (broad SMARTS) is 1. The van der Waals surface area contributed by atoms with Gasteiger partial charge in [-0.15, -0.1) is 0 Å². The van der Waals surface area contributed by atoms with Crippen molar-refractivity contribution in [2.24, 2.45) is 11.8 Å². The predicted octanol–water partition coefficient (Wildman–Crippen LogP) is 9.72. The number of allylic oxidation sites excluding steroid dienone is 2. The summed E-state index contributed by atoms with van der Waals surface area (Å²) < 4.78 is 8.08. The second kappa shape index (κ2) is 16.8.